The summed E-state index contributed by atoms with van der Waals surface area (Å²) in [6.45, 7) is 2.76. The molecule has 1 heterocycles. The number of halogens is 1. The second-order valence-electron chi connectivity index (χ2n) is 6.40. The van der Waals surface area contributed by atoms with Crippen LogP contribution in [0.4, 0.5) is 0 Å². The van der Waals surface area contributed by atoms with Crippen molar-refractivity contribution in [2.45, 2.75) is 31.2 Å². The molecule has 0 unspecified atom stereocenters. The fourth-order valence-electron chi connectivity index (χ4n) is 2.85. The van der Waals surface area contributed by atoms with Crippen LogP contribution in [0.15, 0.2) is 52.4 Å². The predicted molar refractivity (Wildman–Crippen MR) is 115 cm³/mol. The number of aromatic nitrogens is 1. The molecule has 1 aromatic heterocycles. The minimum atomic E-state index is -3.58. The first-order valence-corrected chi connectivity index (χ1v) is 11.9. The molecule has 0 spiro atoms. The fraction of sp³-hybridized carbons (Fsp3) is 0.300. The van der Waals surface area contributed by atoms with Gasteiger partial charge in [-0.2, -0.15) is 4.99 Å². The first kappa shape index (κ1) is 21.5. The van der Waals surface area contributed by atoms with Crippen molar-refractivity contribution >= 4 is 48.9 Å². The highest BCUT2D eigenvalue weighted by Crippen LogP contribution is 2.23. The minimum absolute atomic E-state index is 0.143. The van der Waals surface area contributed by atoms with Crippen LogP contribution in [0.5, 0.6) is 5.75 Å². The van der Waals surface area contributed by atoms with E-state index in [1.54, 1.807) is 7.11 Å². The largest absolute Gasteiger partial charge is 0.497 e. The van der Waals surface area contributed by atoms with Gasteiger partial charge in [-0.1, -0.05) is 29.9 Å². The monoisotopic (exact) mass is 452 g/mol. The molecule has 1 amide bonds. The van der Waals surface area contributed by atoms with E-state index in [1.165, 1.54) is 35.6 Å². The Hall–Kier alpha value is -2.16. The van der Waals surface area contributed by atoms with Crippen molar-refractivity contribution in [2.24, 2.45) is 4.99 Å². The second kappa shape index (κ2) is 9.11. The highest BCUT2D eigenvalue weighted by atomic mass is 35.5. The summed E-state index contributed by atoms with van der Waals surface area (Å²) < 4.78 is 33.1. The SMILES string of the molecule is CCCn1c(=NC(=O)CCS(=O)(=O)c2ccc(Cl)cc2)sc2cc(OC)ccc21. The van der Waals surface area contributed by atoms with Crippen molar-refractivity contribution in [1.82, 2.24) is 4.57 Å². The average molecular weight is 453 g/mol. The third-order valence-electron chi connectivity index (χ3n) is 4.31. The van der Waals surface area contributed by atoms with Gasteiger partial charge in [-0.05, 0) is 48.9 Å². The van der Waals surface area contributed by atoms with Crippen LogP contribution in [0, 0.1) is 0 Å². The number of amides is 1. The Bertz CT molecular complexity index is 1200. The van der Waals surface area contributed by atoms with E-state index in [2.05, 4.69) is 4.99 Å². The van der Waals surface area contributed by atoms with Crippen molar-refractivity contribution in [3.8, 4) is 5.75 Å². The molecule has 0 atom stereocenters. The third-order valence-corrected chi connectivity index (χ3v) is 7.34. The zero-order valence-corrected chi connectivity index (χ0v) is 18.5. The number of carbonyl (C=O) groups excluding carboxylic acids is 1. The highest BCUT2D eigenvalue weighted by Gasteiger charge is 2.17. The maximum Gasteiger partial charge on any atom is 0.249 e. The van der Waals surface area contributed by atoms with Crippen molar-refractivity contribution < 1.29 is 17.9 Å². The summed E-state index contributed by atoms with van der Waals surface area (Å²) in [5.41, 5.74) is 0.970. The van der Waals surface area contributed by atoms with Crippen molar-refractivity contribution in [2.75, 3.05) is 12.9 Å². The quantitative estimate of drug-likeness (QED) is 0.541. The summed E-state index contributed by atoms with van der Waals surface area (Å²) >= 11 is 7.18. The summed E-state index contributed by atoms with van der Waals surface area (Å²) in [4.78, 5) is 17.3. The van der Waals surface area contributed by atoms with Crippen LogP contribution in [0.1, 0.15) is 19.8 Å². The van der Waals surface area contributed by atoms with Gasteiger partial charge >= 0.3 is 0 Å². The number of nitrogens with zero attached hydrogens (tertiary/aromatic N) is 2. The molecule has 3 aromatic rings. The molecule has 0 saturated carbocycles. The number of hydrogen-bond donors (Lipinski definition) is 0. The van der Waals surface area contributed by atoms with E-state index in [9.17, 15) is 13.2 Å². The minimum Gasteiger partial charge on any atom is -0.497 e. The number of thiazole rings is 1. The Morgan fingerprint density at radius 2 is 1.93 bits per heavy atom. The molecule has 2 aromatic carbocycles. The van der Waals surface area contributed by atoms with Gasteiger partial charge in [-0.25, -0.2) is 8.42 Å². The summed E-state index contributed by atoms with van der Waals surface area (Å²) in [5, 5.41) is 0.455. The molecule has 29 heavy (non-hydrogen) atoms. The average Bonchev–Trinajstić information content (AvgIpc) is 3.03. The smallest absolute Gasteiger partial charge is 0.249 e. The molecule has 9 heteroatoms. The van der Waals surface area contributed by atoms with Crippen molar-refractivity contribution in [3.63, 3.8) is 0 Å². The van der Waals surface area contributed by atoms with E-state index in [-0.39, 0.29) is 17.1 Å². The number of aryl methyl sites for hydroxylation is 1. The van der Waals surface area contributed by atoms with Crippen molar-refractivity contribution in [3.05, 3.63) is 52.3 Å². The summed E-state index contributed by atoms with van der Waals surface area (Å²) in [6, 6.07) is 11.6. The third kappa shape index (κ3) is 5.07. The summed E-state index contributed by atoms with van der Waals surface area (Å²) in [5.74, 6) is -0.0380. The number of ether oxygens (including phenoxy) is 1. The Morgan fingerprint density at radius 1 is 1.21 bits per heavy atom. The van der Waals surface area contributed by atoms with E-state index in [1.807, 2.05) is 29.7 Å². The molecule has 3 rings (SSSR count). The number of benzene rings is 2. The van der Waals surface area contributed by atoms with Crippen LogP contribution in [0.3, 0.4) is 0 Å². The van der Waals surface area contributed by atoms with Gasteiger partial charge in [0.1, 0.15) is 5.75 Å². The van der Waals surface area contributed by atoms with Gasteiger partial charge in [0, 0.05) is 18.0 Å². The lowest BCUT2D eigenvalue weighted by Gasteiger charge is -2.04. The maximum atomic E-state index is 12.4. The van der Waals surface area contributed by atoms with Crippen LogP contribution in [0.25, 0.3) is 10.2 Å². The number of hydrogen-bond acceptors (Lipinski definition) is 5. The number of sulfone groups is 1. The van der Waals surface area contributed by atoms with Gasteiger partial charge < -0.3 is 9.30 Å². The molecule has 0 N–H and O–H groups in total. The molecule has 0 fully saturated rings. The Balaban J connectivity index is 1.85. The maximum absolute atomic E-state index is 12.4. The van der Waals surface area contributed by atoms with Crippen LogP contribution < -0.4 is 9.54 Å². The number of fused-ring (bicyclic) bond motifs is 1. The molecule has 0 radical (unpaired) electrons. The molecule has 0 bridgehead atoms. The van der Waals surface area contributed by atoms with Crippen LogP contribution >= 0.6 is 22.9 Å². The first-order valence-electron chi connectivity index (χ1n) is 9.07. The second-order valence-corrected chi connectivity index (χ2v) is 9.95. The summed E-state index contributed by atoms with van der Waals surface area (Å²) in [7, 11) is -1.98. The standard InChI is InChI=1S/C20H21ClN2O4S2/c1-3-11-23-17-9-6-15(27-2)13-18(17)28-20(23)22-19(24)10-12-29(25,26)16-7-4-14(21)5-8-16/h4-9,13H,3,10-12H2,1-2H3. The normalized spacial score (nSPS) is 12.4. The zero-order chi connectivity index (χ0) is 21.0. The lowest BCUT2D eigenvalue weighted by Crippen LogP contribution is -2.18. The van der Waals surface area contributed by atoms with E-state index in [4.69, 9.17) is 16.3 Å². The van der Waals surface area contributed by atoms with E-state index in [0.717, 1.165) is 22.4 Å². The molecule has 6 nitrogen and oxygen atoms in total. The van der Waals surface area contributed by atoms with Crippen LogP contribution in [-0.2, 0) is 21.2 Å². The highest BCUT2D eigenvalue weighted by molar-refractivity contribution is 7.91. The Morgan fingerprint density at radius 3 is 2.59 bits per heavy atom. The molecule has 0 saturated heterocycles. The topological polar surface area (TPSA) is 77.7 Å². The lowest BCUT2D eigenvalue weighted by atomic mass is 10.3. The lowest BCUT2D eigenvalue weighted by molar-refractivity contribution is -0.117. The van der Waals surface area contributed by atoms with Gasteiger partial charge in [0.25, 0.3) is 0 Å². The van der Waals surface area contributed by atoms with Gasteiger partial charge in [-0.3, -0.25) is 4.79 Å². The van der Waals surface area contributed by atoms with Gasteiger partial charge in [0.05, 0.1) is 28.0 Å². The van der Waals surface area contributed by atoms with E-state index >= 15 is 0 Å². The predicted octanol–water partition coefficient (Wildman–Crippen LogP) is 4.07. The van der Waals surface area contributed by atoms with Crippen LogP contribution in [-0.4, -0.2) is 31.8 Å². The van der Waals surface area contributed by atoms with Crippen LogP contribution in [0.2, 0.25) is 5.02 Å². The molecule has 0 aliphatic heterocycles. The Kier molecular flexibility index (Phi) is 6.77. The zero-order valence-electron chi connectivity index (χ0n) is 16.1. The van der Waals surface area contributed by atoms with Crippen molar-refractivity contribution in [1.29, 1.82) is 0 Å². The molecular formula is C20H21ClN2O4S2. The summed E-state index contributed by atoms with van der Waals surface area (Å²) in [6.07, 6.45) is 0.693. The Labute approximate surface area is 178 Å². The van der Waals surface area contributed by atoms with E-state index < -0.39 is 15.7 Å². The molecule has 154 valence electrons. The number of carbonyl (C=O) groups is 1. The van der Waals surface area contributed by atoms with Gasteiger partial charge in [0.2, 0.25) is 5.91 Å². The molecule has 0 aliphatic rings. The first-order chi connectivity index (χ1) is 13.8. The fourth-order valence-corrected chi connectivity index (χ4v) is 5.31. The number of rotatable bonds is 7. The number of methoxy groups -OCH3 is 1. The molecule has 0 aliphatic carbocycles. The van der Waals surface area contributed by atoms with E-state index in [0.29, 0.717) is 16.4 Å². The molecular weight excluding hydrogens is 432 g/mol. The van der Waals surface area contributed by atoms with Gasteiger partial charge in [0.15, 0.2) is 14.6 Å². The van der Waals surface area contributed by atoms with Gasteiger partial charge in [-0.15, -0.1) is 0 Å².